The normalized spacial score (nSPS) is 12.6. The number of para-hydroxylation sites is 2. The zero-order valence-corrected chi connectivity index (χ0v) is 28.1. The molecule has 4 aromatic heterocycles. The molecule has 6 nitrogen and oxygen atoms in total. The first kappa shape index (κ1) is 28.3. The van der Waals surface area contributed by atoms with Gasteiger partial charge < -0.3 is 0 Å². The molecular weight excluding hydrogens is 581 g/mol. The van der Waals surface area contributed by atoms with E-state index < -0.39 is 8.07 Å². The second kappa shape index (κ2) is 10.2. The lowest BCUT2D eigenvalue weighted by Crippen LogP contribution is -2.38. The molecule has 0 amide bonds. The molecule has 0 bridgehead atoms. The van der Waals surface area contributed by atoms with Crippen LogP contribution in [-0.2, 0) is 5.41 Å². The first-order valence-corrected chi connectivity index (χ1v) is 19.3. The lowest BCUT2D eigenvalue weighted by molar-refractivity contribution is 0.583. The number of benzene rings is 4. The predicted octanol–water partition coefficient (Wildman–Crippen LogP) is 8.97. The average Bonchev–Trinajstić information content (AvgIpc) is 3.56. The van der Waals surface area contributed by atoms with Crippen molar-refractivity contribution >= 4 is 56.9 Å². The van der Waals surface area contributed by atoms with E-state index in [9.17, 15) is 0 Å². The van der Waals surface area contributed by atoms with Gasteiger partial charge in [0.2, 0.25) is 11.9 Å². The summed E-state index contributed by atoms with van der Waals surface area (Å²) in [5.74, 6) is 1.38. The Bertz CT molecular complexity index is 2250. The van der Waals surface area contributed by atoms with E-state index in [0.29, 0.717) is 11.9 Å². The third-order valence-electron chi connectivity index (χ3n) is 9.09. The fraction of sp³-hybridized carbons (Fsp3) is 0.179. The molecule has 0 fully saturated rings. The molecule has 4 aromatic carbocycles. The molecule has 8 rings (SSSR count). The van der Waals surface area contributed by atoms with Gasteiger partial charge in [0.25, 0.3) is 0 Å². The van der Waals surface area contributed by atoms with Crippen LogP contribution in [0.5, 0.6) is 0 Å². The highest BCUT2D eigenvalue weighted by molar-refractivity contribution is 6.88. The molecule has 4 heterocycles. The summed E-state index contributed by atoms with van der Waals surface area (Å²) in [6.07, 6.45) is 7.93. The van der Waals surface area contributed by atoms with Gasteiger partial charge in [-0.15, -0.1) is 0 Å². The number of nitrogens with zero attached hydrogens (tertiary/aromatic N) is 6. The van der Waals surface area contributed by atoms with Crippen molar-refractivity contribution < 1.29 is 0 Å². The summed E-state index contributed by atoms with van der Waals surface area (Å²) in [4.78, 5) is 19.3. The monoisotopic (exact) mass is 616 g/mol. The van der Waals surface area contributed by atoms with Gasteiger partial charge in [-0.3, -0.25) is 9.13 Å². The summed E-state index contributed by atoms with van der Waals surface area (Å²) in [6.45, 7) is 13.5. The molecular formula is C39H36N6Si. The molecule has 0 unspecified atom stereocenters. The van der Waals surface area contributed by atoms with E-state index in [2.05, 4.69) is 134 Å². The third kappa shape index (κ3) is 4.53. The van der Waals surface area contributed by atoms with Crippen molar-refractivity contribution in [3.63, 3.8) is 0 Å². The SMILES string of the molecule is CC(C)(C)c1cnc(-n2c3ccccc3c3cc(-c4ccc5c(c4)c4ccccc4n5-c4ncc([Si](C)(C)C)cn4)ccc32)nc1. The Balaban J connectivity index is 1.27. The van der Waals surface area contributed by atoms with Gasteiger partial charge in [0.15, 0.2) is 0 Å². The Morgan fingerprint density at radius 2 is 0.913 bits per heavy atom. The highest BCUT2D eigenvalue weighted by atomic mass is 28.3. The van der Waals surface area contributed by atoms with Crippen molar-refractivity contribution in [2.24, 2.45) is 0 Å². The highest BCUT2D eigenvalue weighted by Crippen LogP contribution is 2.37. The Hall–Kier alpha value is -5.14. The predicted molar refractivity (Wildman–Crippen MR) is 193 cm³/mol. The van der Waals surface area contributed by atoms with Crippen molar-refractivity contribution in [3.8, 4) is 23.0 Å². The van der Waals surface area contributed by atoms with Crippen LogP contribution in [0.2, 0.25) is 19.6 Å². The minimum absolute atomic E-state index is 0.00698. The van der Waals surface area contributed by atoms with Gasteiger partial charge in [-0.25, -0.2) is 19.9 Å². The van der Waals surface area contributed by atoms with Gasteiger partial charge in [-0.2, -0.15) is 0 Å². The first-order valence-electron chi connectivity index (χ1n) is 15.8. The van der Waals surface area contributed by atoms with Crippen LogP contribution < -0.4 is 5.19 Å². The van der Waals surface area contributed by atoms with Crippen LogP contribution in [-0.4, -0.2) is 37.1 Å². The second-order valence-electron chi connectivity index (χ2n) is 14.2. The van der Waals surface area contributed by atoms with E-state index in [0.717, 1.165) is 38.8 Å². The lowest BCUT2D eigenvalue weighted by atomic mass is 9.89. The van der Waals surface area contributed by atoms with Crippen molar-refractivity contribution in [2.75, 3.05) is 0 Å². The van der Waals surface area contributed by atoms with E-state index >= 15 is 0 Å². The van der Waals surface area contributed by atoms with Crippen molar-refractivity contribution in [3.05, 3.63) is 115 Å². The Morgan fingerprint density at radius 3 is 1.35 bits per heavy atom. The van der Waals surface area contributed by atoms with Gasteiger partial charge >= 0.3 is 0 Å². The summed E-state index contributed by atoms with van der Waals surface area (Å²) in [5, 5.41) is 5.98. The van der Waals surface area contributed by atoms with Crippen LogP contribution >= 0.6 is 0 Å². The molecule has 0 saturated heterocycles. The van der Waals surface area contributed by atoms with Crippen LogP contribution in [0.3, 0.4) is 0 Å². The molecule has 0 aliphatic heterocycles. The number of aromatic nitrogens is 6. The van der Waals surface area contributed by atoms with Crippen LogP contribution in [0.1, 0.15) is 26.3 Å². The average molecular weight is 617 g/mol. The summed E-state index contributed by atoms with van der Waals surface area (Å²) >= 11 is 0. The molecule has 46 heavy (non-hydrogen) atoms. The molecule has 0 aliphatic carbocycles. The van der Waals surface area contributed by atoms with Gasteiger partial charge in [0.1, 0.15) is 0 Å². The van der Waals surface area contributed by atoms with Gasteiger partial charge in [0, 0.05) is 46.3 Å². The molecule has 0 radical (unpaired) electrons. The molecule has 226 valence electrons. The number of hydrogen-bond donors (Lipinski definition) is 0. The zero-order chi connectivity index (χ0) is 31.8. The first-order chi connectivity index (χ1) is 22.1. The van der Waals surface area contributed by atoms with Gasteiger partial charge in [-0.05, 0) is 63.7 Å². The van der Waals surface area contributed by atoms with E-state index in [1.165, 1.54) is 26.7 Å². The van der Waals surface area contributed by atoms with Gasteiger partial charge in [-0.1, -0.05) is 88.9 Å². The quantitative estimate of drug-likeness (QED) is 0.185. The molecule has 0 N–H and O–H groups in total. The summed E-state index contributed by atoms with van der Waals surface area (Å²) < 4.78 is 4.36. The Kier molecular flexibility index (Phi) is 6.28. The molecule has 7 heteroatoms. The fourth-order valence-electron chi connectivity index (χ4n) is 6.38. The summed E-state index contributed by atoms with van der Waals surface area (Å²) in [6, 6.07) is 30.5. The van der Waals surface area contributed by atoms with Crippen molar-refractivity contribution in [1.29, 1.82) is 0 Å². The van der Waals surface area contributed by atoms with E-state index in [1.807, 2.05) is 24.8 Å². The Labute approximate surface area is 269 Å². The number of hydrogen-bond acceptors (Lipinski definition) is 4. The minimum Gasteiger partial charge on any atom is -0.278 e. The standard InChI is InChI=1S/C39H36N6Si/c1-39(2,3)27-21-40-37(41-22-27)44-33-13-9-7-11-29(33)31-19-25(15-17-35(31)44)26-16-18-36-32(20-26)30-12-8-10-14-34(30)45(36)38-42-23-28(24-43-38)46(4,5)6/h7-24H,1-6H3. The van der Waals surface area contributed by atoms with Crippen LogP contribution in [0.15, 0.2) is 110 Å². The van der Waals surface area contributed by atoms with Crippen molar-refractivity contribution in [2.45, 2.75) is 45.8 Å². The van der Waals surface area contributed by atoms with E-state index in [-0.39, 0.29) is 5.41 Å². The van der Waals surface area contributed by atoms with Crippen molar-refractivity contribution in [1.82, 2.24) is 29.1 Å². The summed E-state index contributed by atoms with van der Waals surface area (Å²) in [7, 11) is -1.50. The third-order valence-corrected chi connectivity index (χ3v) is 11.1. The van der Waals surface area contributed by atoms with E-state index in [4.69, 9.17) is 19.9 Å². The van der Waals surface area contributed by atoms with Crippen LogP contribution in [0, 0.1) is 0 Å². The minimum atomic E-state index is -1.50. The fourth-order valence-corrected chi connectivity index (χ4v) is 7.29. The lowest BCUT2D eigenvalue weighted by Gasteiger charge is -2.18. The van der Waals surface area contributed by atoms with Crippen LogP contribution in [0.4, 0.5) is 0 Å². The number of fused-ring (bicyclic) bond motifs is 6. The largest absolute Gasteiger partial charge is 0.278 e. The topological polar surface area (TPSA) is 61.4 Å². The summed E-state index contributed by atoms with van der Waals surface area (Å²) in [5.41, 5.74) is 7.81. The maximum Gasteiger partial charge on any atom is 0.234 e. The Morgan fingerprint density at radius 1 is 0.500 bits per heavy atom. The smallest absolute Gasteiger partial charge is 0.234 e. The molecule has 0 spiro atoms. The maximum atomic E-state index is 4.85. The zero-order valence-electron chi connectivity index (χ0n) is 27.1. The molecule has 0 saturated carbocycles. The molecule has 0 aliphatic rings. The van der Waals surface area contributed by atoms with E-state index in [1.54, 1.807) is 0 Å². The number of rotatable bonds is 4. The van der Waals surface area contributed by atoms with Gasteiger partial charge in [0.05, 0.1) is 30.1 Å². The molecule has 0 atom stereocenters. The second-order valence-corrected chi connectivity index (χ2v) is 19.3. The van der Waals surface area contributed by atoms with Crippen LogP contribution in [0.25, 0.3) is 66.6 Å². The highest BCUT2D eigenvalue weighted by Gasteiger charge is 2.21. The molecule has 8 aromatic rings. The maximum absolute atomic E-state index is 4.85.